The van der Waals surface area contributed by atoms with Crippen LogP contribution in [0.25, 0.3) is 11.0 Å². The van der Waals surface area contributed by atoms with Gasteiger partial charge in [-0.1, -0.05) is 18.5 Å². The number of hydrogen-bond acceptors (Lipinski definition) is 2. The number of benzene rings is 1. The normalized spacial score (nSPS) is 13.3. The highest BCUT2D eigenvalue weighted by atomic mass is 35.5. The highest BCUT2D eigenvalue weighted by molar-refractivity contribution is 6.31. The zero-order valence-corrected chi connectivity index (χ0v) is 9.38. The number of rotatable bonds is 3. The average Bonchev–Trinajstić information content (AvgIpc) is 2.62. The van der Waals surface area contributed by atoms with Gasteiger partial charge < -0.3 is 10.7 Å². The number of H-pyrrole nitrogens is 1. The van der Waals surface area contributed by atoms with Gasteiger partial charge in [-0.2, -0.15) is 0 Å². The molecule has 0 aliphatic carbocycles. The zero-order valence-electron chi connectivity index (χ0n) is 8.63. The fourth-order valence-electron chi connectivity index (χ4n) is 1.67. The second-order valence-electron chi connectivity index (χ2n) is 3.62. The zero-order chi connectivity index (χ0) is 10.8. The maximum absolute atomic E-state index is 5.90. The lowest BCUT2D eigenvalue weighted by Gasteiger charge is -2.07. The molecule has 1 aromatic carbocycles. The summed E-state index contributed by atoms with van der Waals surface area (Å²) in [7, 11) is 0. The molecule has 2 rings (SSSR count). The average molecular weight is 224 g/mol. The summed E-state index contributed by atoms with van der Waals surface area (Å²) in [6, 6.07) is 5.65. The van der Waals surface area contributed by atoms with Gasteiger partial charge >= 0.3 is 0 Å². The first-order valence-electron chi connectivity index (χ1n) is 5.09. The summed E-state index contributed by atoms with van der Waals surface area (Å²) in [6.45, 7) is 2.72. The van der Waals surface area contributed by atoms with Crippen molar-refractivity contribution >= 4 is 22.6 Å². The van der Waals surface area contributed by atoms with E-state index in [9.17, 15) is 0 Å². The number of aromatic nitrogens is 2. The second kappa shape index (κ2) is 4.21. The Morgan fingerprint density at radius 2 is 2.33 bits per heavy atom. The third-order valence-electron chi connectivity index (χ3n) is 2.63. The molecule has 80 valence electrons. The monoisotopic (exact) mass is 223 g/mol. The molecule has 2 aromatic rings. The minimum absolute atomic E-state index is 0.302. The Bertz CT molecular complexity index is 460. The van der Waals surface area contributed by atoms with Crippen molar-refractivity contribution in [3.8, 4) is 0 Å². The van der Waals surface area contributed by atoms with Crippen molar-refractivity contribution in [3.05, 3.63) is 29.0 Å². The third kappa shape index (κ3) is 1.98. The molecule has 3 N–H and O–H groups in total. The third-order valence-corrected chi connectivity index (χ3v) is 2.86. The Morgan fingerprint density at radius 1 is 1.53 bits per heavy atom. The van der Waals surface area contributed by atoms with Gasteiger partial charge in [-0.15, -0.1) is 0 Å². The molecule has 1 aromatic heterocycles. The van der Waals surface area contributed by atoms with E-state index >= 15 is 0 Å². The molecule has 1 unspecified atom stereocenters. The fourth-order valence-corrected chi connectivity index (χ4v) is 1.84. The summed E-state index contributed by atoms with van der Waals surface area (Å²) in [6.07, 6.45) is 0.990. The van der Waals surface area contributed by atoms with Crippen molar-refractivity contribution in [1.29, 1.82) is 0 Å². The topological polar surface area (TPSA) is 54.7 Å². The minimum atomic E-state index is 0.302. The van der Waals surface area contributed by atoms with Crippen LogP contribution >= 0.6 is 11.6 Å². The smallest absolute Gasteiger partial charge is 0.111 e. The highest BCUT2D eigenvalue weighted by Gasteiger charge is 2.11. The van der Waals surface area contributed by atoms with Crippen molar-refractivity contribution in [2.75, 3.05) is 6.54 Å². The van der Waals surface area contributed by atoms with Crippen LogP contribution in [0.2, 0.25) is 5.02 Å². The predicted molar refractivity (Wildman–Crippen MR) is 63.2 cm³/mol. The summed E-state index contributed by atoms with van der Waals surface area (Å²) in [4.78, 5) is 7.76. The second-order valence-corrected chi connectivity index (χ2v) is 4.06. The molecule has 0 aliphatic heterocycles. The van der Waals surface area contributed by atoms with E-state index in [1.807, 2.05) is 18.2 Å². The van der Waals surface area contributed by atoms with Crippen molar-refractivity contribution in [3.63, 3.8) is 0 Å². The molecule has 1 heterocycles. The summed E-state index contributed by atoms with van der Waals surface area (Å²) in [5.41, 5.74) is 7.60. The summed E-state index contributed by atoms with van der Waals surface area (Å²) in [5.74, 6) is 1.26. The van der Waals surface area contributed by atoms with E-state index in [2.05, 4.69) is 16.9 Å². The molecular formula is C11H14ClN3. The van der Waals surface area contributed by atoms with E-state index in [1.54, 1.807) is 0 Å². The van der Waals surface area contributed by atoms with Gasteiger partial charge in [-0.05, 0) is 24.6 Å². The van der Waals surface area contributed by atoms with E-state index in [-0.39, 0.29) is 0 Å². The first-order chi connectivity index (χ1) is 7.24. The number of aromatic amines is 1. The van der Waals surface area contributed by atoms with Crippen LogP contribution < -0.4 is 5.73 Å². The van der Waals surface area contributed by atoms with Crippen LogP contribution in [0.5, 0.6) is 0 Å². The van der Waals surface area contributed by atoms with E-state index in [4.69, 9.17) is 17.3 Å². The number of halogens is 1. The van der Waals surface area contributed by atoms with Gasteiger partial charge in [0.05, 0.1) is 11.0 Å². The lowest BCUT2D eigenvalue weighted by Crippen LogP contribution is -2.12. The molecule has 0 saturated carbocycles. The van der Waals surface area contributed by atoms with Gasteiger partial charge in [0, 0.05) is 17.5 Å². The number of imidazole rings is 1. The van der Waals surface area contributed by atoms with Crippen LogP contribution in [0.15, 0.2) is 18.2 Å². The number of fused-ring (bicyclic) bond motifs is 1. The number of nitrogens with one attached hydrogen (secondary N) is 1. The first-order valence-corrected chi connectivity index (χ1v) is 5.47. The molecule has 0 amide bonds. The Kier molecular flexibility index (Phi) is 2.93. The largest absolute Gasteiger partial charge is 0.342 e. The molecule has 0 aliphatic rings. The molecule has 0 radical (unpaired) electrons. The lowest BCUT2D eigenvalue weighted by molar-refractivity contribution is 0.641. The van der Waals surface area contributed by atoms with Gasteiger partial charge in [-0.3, -0.25) is 0 Å². The molecular weight excluding hydrogens is 210 g/mol. The van der Waals surface area contributed by atoms with Crippen LogP contribution in [-0.2, 0) is 0 Å². The maximum atomic E-state index is 5.90. The van der Waals surface area contributed by atoms with Crippen LogP contribution in [0, 0.1) is 0 Å². The van der Waals surface area contributed by atoms with E-state index < -0.39 is 0 Å². The Labute approximate surface area is 93.6 Å². The summed E-state index contributed by atoms with van der Waals surface area (Å²) < 4.78 is 0. The van der Waals surface area contributed by atoms with Crippen molar-refractivity contribution in [1.82, 2.24) is 9.97 Å². The molecule has 15 heavy (non-hydrogen) atoms. The number of hydrogen-bond donors (Lipinski definition) is 2. The highest BCUT2D eigenvalue weighted by Crippen LogP contribution is 2.21. The number of nitrogens with zero attached hydrogens (tertiary/aromatic N) is 1. The van der Waals surface area contributed by atoms with Crippen molar-refractivity contribution in [2.24, 2.45) is 5.73 Å². The molecule has 0 bridgehead atoms. The standard InChI is InChI=1S/C11H14ClN3/c1-2-7(6-13)11-14-9-4-3-8(12)5-10(9)15-11/h3-5,7H,2,6,13H2,1H3,(H,14,15). The first kappa shape index (κ1) is 10.5. The Hall–Kier alpha value is -1.06. The van der Waals surface area contributed by atoms with Gasteiger partial charge in [0.15, 0.2) is 0 Å². The fraction of sp³-hybridized carbons (Fsp3) is 0.364. The van der Waals surface area contributed by atoms with Gasteiger partial charge in [0.2, 0.25) is 0 Å². The van der Waals surface area contributed by atoms with Crippen LogP contribution in [0.3, 0.4) is 0 Å². The summed E-state index contributed by atoms with van der Waals surface area (Å²) >= 11 is 5.90. The van der Waals surface area contributed by atoms with Crippen LogP contribution in [-0.4, -0.2) is 16.5 Å². The maximum Gasteiger partial charge on any atom is 0.111 e. The van der Waals surface area contributed by atoms with Crippen molar-refractivity contribution in [2.45, 2.75) is 19.3 Å². The Balaban J connectivity index is 2.46. The SMILES string of the molecule is CCC(CN)c1nc2ccc(Cl)cc2[nH]1. The van der Waals surface area contributed by atoms with Crippen LogP contribution in [0.4, 0.5) is 0 Å². The van der Waals surface area contributed by atoms with Crippen molar-refractivity contribution < 1.29 is 0 Å². The predicted octanol–water partition coefficient (Wildman–Crippen LogP) is 2.67. The molecule has 1 atom stereocenters. The molecule has 0 fully saturated rings. The number of nitrogens with two attached hydrogens (primary N) is 1. The summed E-state index contributed by atoms with van der Waals surface area (Å²) in [5, 5.41) is 0.721. The van der Waals surface area contributed by atoms with Crippen LogP contribution in [0.1, 0.15) is 25.1 Å². The van der Waals surface area contributed by atoms with E-state index in [1.165, 1.54) is 0 Å². The molecule has 3 nitrogen and oxygen atoms in total. The molecule has 4 heteroatoms. The molecule has 0 saturated heterocycles. The minimum Gasteiger partial charge on any atom is -0.342 e. The van der Waals surface area contributed by atoms with Gasteiger partial charge in [0.1, 0.15) is 5.82 Å². The van der Waals surface area contributed by atoms with E-state index in [0.29, 0.717) is 12.5 Å². The van der Waals surface area contributed by atoms with Gasteiger partial charge in [-0.25, -0.2) is 4.98 Å². The Morgan fingerprint density at radius 3 is 3.00 bits per heavy atom. The lowest BCUT2D eigenvalue weighted by atomic mass is 10.1. The quantitative estimate of drug-likeness (QED) is 0.841. The van der Waals surface area contributed by atoms with Gasteiger partial charge in [0.25, 0.3) is 0 Å². The molecule has 0 spiro atoms. The van der Waals surface area contributed by atoms with E-state index in [0.717, 1.165) is 28.3 Å².